The first-order valence-corrected chi connectivity index (χ1v) is 5.16. The van der Waals surface area contributed by atoms with Crippen LogP contribution in [0.4, 0.5) is 5.69 Å². The number of aliphatic imine (C=N–C) groups is 1. The molecule has 0 bridgehead atoms. The van der Waals surface area contributed by atoms with E-state index in [2.05, 4.69) is 21.1 Å². The second kappa shape index (κ2) is 4.10. The van der Waals surface area contributed by atoms with Crippen LogP contribution < -0.4 is 13.4 Å². The van der Waals surface area contributed by atoms with Crippen LogP contribution in [-0.2, 0) is 0 Å². The molecule has 0 atom stereocenters. The van der Waals surface area contributed by atoms with Crippen molar-refractivity contribution in [1.82, 2.24) is 0 Å². The van der Waals surface area contributed by atoms with Gasteiger partial charge in [0.2, 0.25) is 0 Å². The van der Waals surface area contributed by atoms with Crippen molar-refractivity contribution in [3.05, 3.63) is 17.7 Å². The van der Waals surface area contributed by atoms with Gasteiger partial charge in [0.1, 0.15) is 6.67 Å². The van der Waals surface area contributed by atoms with Crippen LogP contribution in [0.15, 0.2) is 17.1 Å². The first kappa shape index (κ1) is 10.3. The second-order valence-electron chi connectivity index (χ2n) is 3.08. The maximum atomic E-state index is 5.23. The van der Waals surface area contributed by atoms with E-state index in [4.69, 9.17) is 9.47 Å². The molecular formula is C10H11BrN2O2. The van der Waals surface area contributed by atoms with Gasteiger partial charge in [0.05, 0.1) is 36.1 Å². The lowest BCUT2D eigenvalue weighted by Gasteiger charge is -2.22. The number of nitrogens with zero attached hydrogens (tertiary/aromatic N) is 2. The average molecular weight is 271 g/mol. The van der Waals surface area contributed by atoms with E-state index in [1.807, 2.05) is 22.3 Å². The molecule has 1 aliphatic heterocycles. The highest BCUT2D eigenvalue weighted by atomic mass is 79.9. The summed E-state index contributed by atoms with van der Waals surface area (Å²) in [6, 6.07) is 3.83. The number of methoxy groups -OCH3 is 2. The van der Waals surface area contributed by atoms with Gasteiger partial charge in [-0.2, -0.15) is 0 Å². The summed E-state index contributed by atoms with van der Waals surface area (Å²) in [5.74, 6) is 1.43. The number of hydrogen-bond acceptors (Lipinski definition) is 4. The Morgan fingerprint density at radius 2 is 1.93 bits per heavy atom. The molecule has 15 heavy (non-hydrogen) atoms. The zero-order valence-corrected chi connectivity index (χ0v) is 10.1. The predicted octanol–water partition coefficient (Wildman–Crippen LogP) is 2.21. The maximum absolute atomic E-state index is 5.23. The van der Waals surface area contributed by atoms with E-state index in [0.29, 0.717) is 12.4 Å². The summed E-state index contributed by atoms with van der Waals surface area (Å²) in [6.07, 6.45) is 1.83. The summed E-state index contributed by atoms with van der Waals surface area (Å²) in [7, 11) is 3.25. The minimum atomic E-state index is 0.600. The molecule has 0 saturated carbocycles. The molecule has 80 valence electrons. The number of halogens is 1. The van der Waals surface area contributed by atoms with Crippen molar-refractivity contribution in [2.24, 2.45) is 4.99 Å². The van der Waals surface area contributed by atoms with Crippen LogP contribution in [0.25, 0.3) is 0 Å². The topological polar surface area (TPSA) is 34.1 Å². The molecule has 0 fully saturated rings. The second-order valence-corrected chi connectivity index (χ2v) is 3.94. The Hall–Kier alpha value is -1.23. The van der Waals surface area contributed by atoms with E-state index < -0.39 is 0 Å². The Labute approximate surface area is 96.8 Å². The van der Waals surface area contributed by atoms with Gasteiger partial charge in [0, 0.05) is 17.8 Å². The Balaban J connectivity index is 2.54. The summed E-state index contributed by atoms with van der Waals surface area (Å²) in [5, 5.41) is 0. The molecule has 5 heteroatoms. The molecule has 4 nitrogen and oxygen atoms in total. The number of anilines is 1. The molecule has 1 aliphatic rings. The first-order chi connectivity index (χ1) is 7.26. The first-order valence-electron chi connectivity index (χ1n) is 4.45. The van der Waals surface area contributed by atoms with Gasteiger partial charge in [-0.15, -0.1) is 0 Å². The molecule has 0 radical (unpaired) electrons. The van der Waals surface area contributed by atoms with E-state index in [1.165, 1.54) is 0 Å². The third-order valence-electron chi connectivity index (χ3n) is 2.23. The molecule has 1 aromatic carbocycles. The summed E-state index contributed by atoms with van der Waals surface area (Å²) in [4.78, 5) is 4.19. The number of rotatable bonds is 2. The SMILES string of the molecule is COc1cc2c(cc1OC)N(Br)CN=C2. The number of fused-ring (bicyclic) bond motifs is 1. The fourth-order valence-corrected chi connectivity index (χ4v) is 1.92. The third kappa shape index (κ3) is 1.79. The molecule has 2 rings (SSSR count). The van der Waals surface area contributed by atoms with Crippen LogP contribution in [0, 0.1) is 0 Å². The van der Waals surface area contributed by atoms with Crippen LogP contribution in [0.1, 0.15) is 5.56 Å². The van der Waals surface area contributed by atoms with Crippen molar-refractivity contribution in [3.63, 3.8) is 0 Å². The maximum Gasteiger partial charge on any atom is 0.162 e. The van der Waals surface area contributed by atoms with Gasteiger partial charge >= 0.3 is 0 Å². The predicted molar refractivity (Wildman–Crippen MR) is 63.4 cm³/mol. The Morgan fingerprint density at radius 3 is 2.60 bits per heavy atom. The molecule has 1 aromatic rings. The lowest BCUT2D eigenvalue weighted by molar-refractivity contribution is 0.355. The highest BCUT2D eigenvalue weighted by Crippen LogP contribution is 2.36. The van der Waals surface area contributed by atoms with E-state index in [1.54, 1.807) is 14.2 Å². The standard InChI is InChI=1S/C10H11BrN2O2/c1-14-9-3-7-5-12-6-13(11)8(7)4-10(9)15-2/h3-5H,6H2,1-2H3. The lowest BCUT2D eigenvalue weighted by Crippen LogP contribution is -2.15. The highest BCUT2D eigenvalue weighted by molar-refractivity contribution is 9.10. The zero-order valence-electron chi connectivity index (χ0n) is 8.53. The number of hydrogen-bond donors (Lipinski definition) is 0. The van der Waals surface area contributed by atoms with Crippen molar-refractivity contribution in [2.75, 3.05) is 24.8 Å². The molecule has 0 aliphatic carbocycles. The van der Waals surface area contributed by atoms with Gasteiger partial charge in [-0.3, -0.25) is 8.92 Å². The Kier molecular flexibility index (Phi) is 2.81. The minimum Gasteiger partial charge on any atom is -0.493 e. The smallest absolute Gasteiger partial charge is 0.162 e. The van der Waals surface area contributed by atoms with Gasteiger partial charge in [-0.05, 0) is 6.07 Å². The van der Waals surface area contributed by atoms with Gasteiger partial charge in [-0.1, -0.05) is 0 Å². The van der Waals surface area contributed by atoms with E-state index in [0.717, 1.165) is 17.0 Å². The van der Waals surface area contributed by atoms with Gasteiger partial charge < -0.3 is 9.47 Å². The third-order valence-corrected chi connectivity index (χ3v) is 2.84. The van der Waals surface area contributed by atoms with Crippen LogP contribution in [0.2, 0.25) is 0 Å². The van der Waals surface area contributed by atoms with E-state index >= 15 is 0 Å². The summed E-state index contributed by atoms with van der Waals surface area (Å²) in [6.45, 7) is 0.600. The van der Waals surface area contributed by atoms with Crippen molar-refractivity contribution in [3.8, 4) is 11.5 Å². The minimum absolute atomic E-state index is 0.600. The van der Waals surface area contributed by atoms with Crippen LogP contribution >= 0.6 is 16.1 Å². The van der Waals surface area contributed by atoms with Crippen molar-refractivity contribution >= 4 is 28.0 Å². The molecule has 0 unspecified atom stereocenters. The highest BCUT2D eigenvalue weighted by Gasteiger charge is 2.16. The normalized spacial score (nSPS) is 13.7. The number of benzene rings is 1. The quantitative estimate of drug-likeness (QED) is 0.773. The molecule has 0 spiro atoms. The molecule has 0 N–H and O–H groups in total. The van der Waals surface area contributed by atoms with Gasteiger partial charge in [0.25, 0.3) is 0 Å². The van der Waals surface area contributed by atoms with E-state index in [9.17, 15) is 0 Å². The van der Waals surface area contributed by atoms with Crippen LogP contribution in [-0.4, -0.2) is 27.1 Å². The Bertz CT molecular complexity index is 407. The molecule has 1 heterocycles. The zero-order chi connectivity index (χ0) is 10.8. The monoisotopic (exact) mass is 270 g/mol. The summed E-state index contributed by atoms with van der Waals surface area (Å²) < 4.78 is 12.3. The molecule has 0 amide bonds. The van der Waals surface area contributed by atoms with Crippen LogP contribution in [0.5, 0.6) is 11.5 Å². The fourth-order valence-electron chi connectivity index (χ4n) is 1.48. The van der Waals surface area contributed by atoms with Crippen LogP contribution in [0.3, 0.4) is 0 Å². The van der Waals surface area contributed by atoms with Gasteiger partial charge in [-0.25, -0.2) is 0 Å². The lowest BCUT2D eigenvalue weighted by atomic mass is 10.1. The molecule has 0 aromatic heterocycles. The van der Waals surface area contributed by atoms with Crippen molar-refractivity contribution in [1.29, 1.82) is 0 Å². The summed E-state index contributed by atoms with van der Waals surface area (Å²) >= 11 is 3.42. The molecular weight excluding hydrogens is 260 g/mol. The van der Waals surface area contributed by atoms with Crippen molar-refractivity contribution < 1.29 is 9.47 Å². The number of ether oxygens (including phenoxy) is 2. The van der Waals surface area contributed by atoms with Gasteiger partial charge in [0.15, 0.2) is 11.5 Å². The summed E-state index contributed by atoms with van der Waals surface area (Å²) in [5.41, 5.74) is 2.04. The fraction of sp³-hybridized carbons (Fsp3) is 0.300. The van der Waals surface area contributed by atoms with E-state index in [-0.39, 0.29) is 0 Å². The van der Waals surface area contributed by atoms with Crippen molar-refractivity contribution in [2.45, 2.75) is 0 Å². The molecule has 0 saturated heterocycles. The Morgan fingerprint density at radius 1 is 1.27 bits per heavy atom. The largest absolute Gasteiger partial charge is 0.493 e. The average Bonchev–Trinajstić information content (AvgIpc) is 2.28.